The van der Waals surface area contributed by atoms with E-state index in [1.807, 2.05) is 36.4 Å². The summed E-state index contributed by atoms with van der Waals surface area (Å²) in [6, 6.07) is 16.4. The molecule has 0 saturated carbocycles. The van der Waals surface area contributed by atoms with Crippen LogP contribution in [0.25, 0.3) is 24.3 Å². The van der Waals surface area contributed by atoms with Crippen molar-refractivity contribution in [3.05, 3.63) is 95.2 Å². The molecule has 2 radical (unpaired) electrons. The third-order valence-corrected chi connectivity index (χ3v) is 4.36. The summed E-state index contributed by atoms with van der Waals surface area (Å²) in [5.74, 6) is 0. The predicted octanol–water partition coefficient (Wildman–Crippen LogP) is 5.88. The van der Waals surface area contributed by atoms with Gasteiger partial charge in [-0.15, -0.1) is 0 Å². The van der Waals surface area contributed by atoms with Crippen LogP contribution in [0.2, 0.25) is 0 Å². The molecule has 0 bridgehead atoms. The van der Waals surface area contributed by atoms with Gasteiger partial charge in [0.15, 0.2) is 0 Å². The standard InChI is InChI=1S/C20H17ClSi/c1-3-16-7-5-9-18(13-16)11-12-20(22-21)15-19-10-6-8-17(4-2)14-19/h3-15H,1-2H2. The summed E-state index contributed by atoms with van der Waals surface area (Å²) < 4.78 is 0. The van der Waals surface area contributed by atoms with Crippen molar-refractivity contribution in [1.82, 2.24) is 0 Å². The largest absolute Gasteiger partial charge is 0.210 e. The van der Waals surface area contributed by atoms with Gasteiger partial charge in [0.2, 0.25) is 8.83 Å². The molecule has 0 aliphatic rings. The van der Waals surface area contributed by atoms with Crippen molar-refractivity contribution in [2.45, 2.75) is 0 Å². The maximum Gasteiger partial charge on any atom is 0.210 e. The van der Waals surface area contributed by atoms with Gasteiger partial charge >= 0.3 is 0 Å². The molecule has 2 aromatic carbocycles. The minimum absolute atomic E-state index is 0.222. The first-order chi connectivity index (χ1) is 10.7. The number of allylic oxidation sites excluding steroid dienone is 2. The van der Waals surface area contributed by atoms with E-state index >= 15 is 0 Å². The van der Waals surface area contributed by atoms with Gasteiger partial charge in [-0.1, -0.05) is 79.9 Å². The first kappa shape index (κ1) is 16.3. The van der Waals surface area contributed by atoms with Gasteiger partial charge in [0.25, 0.3) is 0 Å². The average molecular weight is 321 g/mol. The molecule has 2 aromatic rings. The lowest BCUT2D eigenvalue weighted by Gasteiger charge is -2.00. The molecule has 0 amide bonds. The predicted molar refractivity (Wildman–Crippen MR) is 102 cm³/mol. The summed E-state index contributed by atoms with van der Waals surface area (Å²) in [7, 11) is 0.222. The van der Waals surface area contributed by atoms with Crippen LogP contribution in [0, 0.1) is 0 Å². The summed E-state index contributed by atoms with van der Waals surface area (Å²) in [5.41, 5.74) is 4.48. The van der Waals surface area contributed by atoms with E-state index in [9.17, 15) is 0 Å². The van der Waals surface area contributed by atoms with Crippen molar-refractivity contribution in [3.8, 4) is 0 Å². The van der Waals surface area contributed by atoms with Crippen molar-refractivity contribution in [3.63, 3.8) is 0 Å². The smallest absolute Gasteiger partial charge is 0.165 e. The summed E-state index contributed by atoms with van der Waals surface area (Å²) in [5, 5.41) is 1.09. The zero-order valence-corrected chi connectivity index (χ0v) is 14.1. The zero-order chi connectivity index (χ0) is 15.8. The van der Waals surface area contributed by atoms with E-state index in [1.54, 1.807) is 0 Å². The van der Waals surface area contributed by atoms with E-state index in [0.717, 1.165) is 27.5 Å². The van der Waals surface area contributed by atoms with Gasteiger partial charge in [0.05, 0.1) is 0 Å². The van der Waals surface area contributed by atoms with Gasteiger partial charge < -0.3 is 0 Å². The molecular weight excluding hydrogens is 304 g/mol. The van der Waals surface area contributed by atoms with E-state index in [2.05, 4.69) is 55.7 Å². The number of benzene rings is 2. The Morgan fingerprint density at radius 2 is 1.41 bits per heavy atom. The molecule has 0 heterocycles. The molecule has 0 aromatic heterocycles. The molecule has 0 fully saturated rings. The van der Waals surface area contributed by atoms with Crippen molar-refractivity contribution >= 4 is 44.2 Å². The molecule has 0 unspecified atom stereocenters. The molecule has 0 aliphatic heterocycles. The fourth-order valence-corrected chi connectivity index (χ4v) is 2.76. The summed E-state index contributed by atoms with van der Waals surface area (Å²) in [6.45, 7) is 7.59. The highest BCUT2D eigenvalue weighted by atomic mass is 35.6. The molecule has 0 nitrogen and oxygen atoms in total. The summed E-state index contributed by atoms with van der Waals surface area (Å²) in [6.07, 6.45) is 9.93. The van der Waals surface area contributed by atoms with Crippen molar-refractivity contribution in [2.75, 3.05) is 0 Å². The van der Waals surface area contributed by atoms with E-state index in [0.29, 0.717) is 0 Å². The fourth-order valence-electron chi connectivity index (χ4n) is 2.04. The molecule has 0 saturated heterocycles. The van der Waals surface area contributed by atoms with Gasteiger partial charge in [-0.05, 0) is 39.6 Å². The second kappa shape index (κ2) is 8.37. The van der Waals surface area contributed by atoms with Gasteiger partial charge in [-0.3, -0.25) is 0 Å². The molecule has 2 heteroatoms. The number of rotatable bonds is 6. The number of hydrogen-bond donors (Lipinski definition) is 0. The quantitative estimate of drug-likeness (QED) is 0.354. The van der Waals surface area contributed by atoms with Crippen LogP contribution in [-0.4, -0.2) is 8.83 Å². The van der Waals surface area contributed by atoms with Crippen LogP contribution in [0.3, 0.4) is 0 Å². The highest BCUT2D eigenvalue weighted by Gasteiger charge is 1.96. The Morgan fingerprint density at radius 1 is 0.864 bits per heavy atom. The van der Waals surface area contributed by atoms with Gasteiger partial charge in [0, 0.05) is 0 Å². The SMILES string of the molecule is C=Cc1cccc(C=CC(=Cc2cccc(C=C)c2)[Si]Cl)c1. The molecule has 0 aliphatic carbocycles. The van der Waals surface area contributed by atoms with Crippen molar-refractivity contribution in [2.24, 2.45) is 0 Å². The third-order valence-electron chi connectivity index (χ3n) is 3.18. The minimum atomic E-state index is 0.222. The Morgan fingerprint density at radius 3 is 2.00 bits per heavy atom. The number of halogens is 1. The summed E-state index contributed by atoms with van der Waals surface area (Å²) in [4.78, 5) is 0. The Bertz CT molecular complexity index is 726. The van der Waals surface area contributed by atoms with E-state index in [-0.39, 0.29) is 8.83 Å². The van der Waals surface area contributed by atoms with Crippen LogP contribution < -0.4 is 0 Å². The maximum atomic E-state index is 6.09. The maximum absolute atomic E-state index is 6.09. The van der Waals surface area contributed by atoms with Crippen molar-refractivity contribution < 1.29 is 0 Å². The second-order valence-corrected chi connectivity index (χ2v) is 6.11. The Balaban J connectivity index is 2.23. The van der Waals surface area contributed by atoms with Crippen LogP contribution >= 0.6 is 11.1 Å². The van der Waals surface area contributed by atoms with E-state index in [4.69, 9.17) is 11.1 Å². The molecule has 22 heavy (non-hydrogen) atoms. The first-order valence-corrected chi connectivity index (χ1v) is 8.98. The zero-order valence-electron chi connectivity index (χ0n) is 12.3. The number of hydrogen-bond acceptors (Lipinski definition) is 0. The van der Waals surface area contributed by atoms with Crippen LogP contribution in [0.5, 0.6) is 0 Å². The van der Waals surface area contributed by atoms with Gasteiger partial charge in [-0.2, -0.15) is 11.1 Å². The van der Waals surface area contributed by atoms with Gasteiger partial charge in [-0.25, -0.2) is 0 Å². The Hall–Kier alpha value is -2.09. The monoisotopic (exact) mass is 320 g/mol. The van der Waals surface area contributed by atoms with Gasteiger partial charge in [0.1, 0.15) is 0 Å². The molecule has 2 rings (SSSR count). The van der Waals surface area contributed by atoms with Crippen LogP contribution in [0.1, 0.15) is 22.3 Å². The molecule has 0 spiro atoms. The van der Waals surface area contributed by atoms with Crippen molar-refractivity contribution in [1.29, 1.82) is 0 Å². The Labute approximate surface area is 139 Å². The van der Waals surface area contributed by atoms with E-state index < -0.39 is 0 Å². The highest BCUT2D eigenvalue weighted by molar-refractivity contribution is 6.98. The lowest BCUT2D eigenvalue weighted by atomic mass is 10.1. The van der Waals surface area contributed by atoms with Crippen LogP contribution in [0.4, 0.5) is 0 Å². The molecular formula is C20H17ClSi. The topological polar surface area (TPSA) is 0 Å². The highest BCUT2D eigenvalue weighted by Crippen LogP contribution is 2.14. The Kier molecular flexibility index (Phi) is 6.20. The van der Waals surface area contributed by atoms with Crippen LogP contribution in [0.15, 0.2) is 73.0 Å². The summed E-state index contributed by atoms with van der Waals surface area (Å²) >= 11 is 6.09. The first-order valence-electron chi connectivity index (χ1n) is 6.96. The van der Waals surface area contributed by atoms with E-state index in [1.165, 1.54) is 0 Å². The minimum Gasteiger partial charge on any atom is -0.165 e. The van der Waals surface area contributed by atoms with Crippen LogP contribution in [-0.2, 0) is 0 Å². The molecule has 0 N–H and O–H groups in total. The lowest BCUT2D eigenvalue weighted by molar-refractivity contribution is 1.61. The second-order valence-electron chi connectivity index (χ2n) is 4.78. The normalized spacial score (nSPS) is 11.6. The third kappa shape index (κ3) is 4.73. The molecule has 108 valence electrons. The lowest BCUT2D eigenvalue weighted by Crippen LogP contribution is -1.85. The average Bonchev–Trinajstić information content (AvgIpc) is 2.58. The molecule has 0 atom stereocenters. The fraction of sp³-hybridized carbons (Fsp3) is 0.